The molecule has 1 atom stereocenters. The van der Waals surface area contributed by atoms with Gasteiger partial charge in [0.05, 0.1) is 0 Å². The molecule has 0 saturated carbocycles. The van der Waals surface area contributed by atoms with Crippen LogP contribution in [0.15, 0.2) is 0 Å². The first-order valence-corrected chi connectivity index (χ1v) is 7.29. The van der Waals surface area contributed by atoms with Gasteiger partial charge < -0.3 is 9.80 Å². The van der Waals surface area contributed by atoms with Gasteiger partial charge in [-0.3, -0.25) is 0 Å². The predicted molar refractivity (Wildman–Crippen MR) is 69.8 cm³/mol. The molecule has 0 bridgehead atoms. The second-order valence-corrected chi connectivity index (χ2v) is 5.62. The van der Waals surface area contributed by atoms with E-state index in [2.05, 4.69) is 23.6 Å². The SMILES string of the molecule is CCC(C)N1CCC(N2CCCCC2)CC1. The molecule has 0 amide bonds. The Balaban J connectivity index is 1.75. The summed E-state index contributed by atoms with van der Waals surface area (Å²) >= 11 is 0. The van der Waals surface area contributed by atoms with Crippen LogP contribution in [0, 0.1) is 0 Å². The van der Waals surface area contributed by atoms with Crippen LogP contribution in [-0.4, -0.2) is 48.1 Å². The van der Waals surface area contributed by atoms with Gasteiger partial charge in [0.1, 0.15) is 0 Å². The summed E-state index contributed by atoms with van der Waals surface area (Å²) in [5.41, 5.74) is 0. The van der Waals surface area contributed by atoms with Gasteiger partial charge in [0.25, 0.3) is 0 Å². The van der Waals surface area contributed by atoms with Crippen molar-refractivity contribution in [3.8, 4) is 0 Å². The van der Waals surface area contributed by atoms with Crippen molar-refractivity contribution in [2.75, 3.05) is 26.2 Å². The fourth-order valence-corrected chi connectivity index (χ4v) is 3.23. The average Bonchev–Trinajstić information content (AvgIpc) is 2.39. The maximum absolute atomic E-state index is 2.76. The van der Waals surface area contributed by atoms with Gasteiger partial charge in [0, 0.05) is 12.1 Å². The highest BCUT2D eigenvalue weighted by Gasteiger charge is 2.26. The molecule has 1 unspecified atom stereocenters. The number of hydrogen-bond donors (Lipinski definition) is 0. The van der Waals surface area contributed by atoms with Crippen molar-refractivity contribution in [3.63, 3.8) is 0 Å². The Morgan fingerprint density at radius 3 is 2.19 bits per heavy atom. The molecule has 2 heterocycles. The maximum atomic E-state index is 2.76. The van der Waals surface area contributed by atoms with Crippen LogP contribution in [0.4, 0.5) is 0 Å². The summed E-state index contributed by atoms with van der Waals surface area (Å²) in [6.45, 7) is 10.1. The molecular formula is C14H28N2. The lowest BCUT2D eigenvalue weighted by molar-refractivity contribution is 0.0751. The number of likely N-dealkylation sites (tertiary alicyclic amines) is 2. The van der Waals surface area contributed by atoms with Gasteiger partial charge >= 0.3 is 0 Å². The first-order chi connectivity index (χ1) is 7.81. The minimum absolute atomic E-state index is 0.794. The number of nitrogens with zero attached hydrogens (tertiary/aromatic N) is 2. The summed E-state index contributed by atoms with van der Waals surface area (Å²) in [7, 11) is 0. The highest BCUT2D eigenvalue weighted by molar-refractivity contribution is 4.83. The summed E-state index contributed by atoms with van der Waals surface area (Å²) in [5, 5.41) is 0. The zero-order valence-corrected chi connectivity index (χ0v) is 11.1. The first kappa shape index (κ1) is 12.4. The van der Waals surface area contributed by atoms with Crippen LogP contribution in [0.25, 0.3) is 0 Å². The zero-order chi connectivity index (χ0) is 11.4. The lowest BCUT2D eigenvalue weighted by Crippen LogP contribution is -2.48. The summed E-state index contributed by atoms with van der Waals surface area (Å²) in [6.07, 6.45) is 8.45. The third kappa shape index (κ3) is 2.98. The molecular weight excluding hydrogens is 196 g/mol. The van der Waals surface area contributed by atoms with Crippen molar-refractivity contribution >= 4 is 0 Å². The van der Waals surface area contributed by atoms with Crippen molar-refractivity contribution in [2.45, 2.75) is 64.5 Å². The molecule has 0 aromatic rings. The minimum Gasteiger partial charge on any atom is -0.301 e. The molecule has 0 radical (unpaired) electrons. The lowest BCUT2D eigenvalue weighted by atomic mass is 9.98. The summed E-state index contributed by atoms with van der Waals surface area (Å²) in [4.78, 5) is 5.44. The Morgan fingerprint density at radius 1 is 1.00 bits per heavy atom. The molecule has 16 heavy (non-hydrogen) atoms. The lowest BCUT2D eigenvalue weighted by Gasteiger charge is -2.41. The van der Waals surface area contributed by atoms with E-state index in [4.69, 9.17) is 0 Å². The van der Waals surface area contributed by atoms with Crippen LogP contribution in [0.3, 0.4) is 0 Å². The fraction of sp³-hybridized carbons (Fsp3) is 1.00. The van der Waals surface area contributed by atoms with Crippen molar-refractivity contribution in [1.82, 2.24) is 9.80 Å². The molecule has 2 nitrogen and oxygen atoms in total. The van der Waals surface area contributed by atoms with Gasteiger partial charge in [-0.15, -0.1) is 0 Å². The smallest absolute Gasteiger partial charge is 0.0120 e. The van der Waals surface area contributed by atoms with E-state index in [1.807, 2.05) is 0 Å². The van der Waals surface area contributed by atoms with Gasteiger partial charge in [-0.25, -0.2) is 0 Å². The molecule has 0 aromatic carbocycles. The van der Waals surface area contributed by atoms with Crippen molar-refractivity contribution in [1.29, 1.82) is 0 Å². The van der Waals surface area contributed by atoms with Crippen LogP contribution in [0.2, 0.25) is 0 Å². The summed E-state index contributed by atoms with van der Waals surface area (Å²) < 4.78 is 0. The highest BCUT2D eigenvalue weighted by atomic mass is 15.2. The molecule has 2 heteroatoms. The van der Waals surface area contributed by atoms with E-state index in [1.54, 1.807) is 0 Å². The van der Waals surface area contributed by atoms with Crippen LogP contribution < -0.4 is 0 Å². The minimum atomic E-state index is 0.794. The Labute approximate surface area is 101 Å². The Kier molecular flexibility index (Phi) is 4.66. The fourth-order valence-electron chi connectivity index (χ4n) is 3.23. The Bertz CT molecular complexity index is 191. The van der Waals surface area contributed by atoms with Gasteiger partial charge in [-0.1, -0.05) is 13.3 Å². The second kappa shape index (κ2) is 6.02. The third-order valence-corrected chi connectivity index (χ3v) is 4.62. The van der Waals surface area contributed by atoms with E-state index in [0.717, 1.165) is 12.1 Å². The molecule has 2 aliphatic rings. The van der Waals surface area contributed by atoms with Gasteiger partial charge in [0.15, 0.2) is 0 Å². The maximum Gasteiger partial charge on any atom is 0.0120 e. The summed E-state index contributed by atoms with van der Waals surface area (Å²) in [6, 6.07) is 1.70. The van der Waals surface area contributed by atoms with E-state index < -0.39 is 0 Å². The molecule has 0 aromatic heterocycles. The quantitative estimate of drug-likeness (QED) is 0.727. The van der Waals surface area contributed by atoms with Crippen LogP contribution in [-0.2, 0) is 0 Å². The largest absolute Gasteiger partial charge is 0.301 e. The monoisotopic (exact) mass is 224 g/mol. The topological polar surface area (TPSA) is 6.48 Å². The van der Waals surface area contributed by atoms with E-state index in [1.165, 1.54) is 64.7 Å². The third-order valence-electron chi connectivity index (χ3n) is 4.62. The van der Waals surface area contributed by atoms with Gasteiger partial charge in [-0.2, -0.15) is 0 Å². The van der Waals surface area contributed by atoms with E-state index >= 15 is 0 Å². The number of rotatable bonds is 3. The van der Waals surface area contributed by atoms with Crippen molar-refractivity contribution in [3.05, 3.63) is 0 Å². The normalized spacial score (nSPS) is 28.1. The van der Waals surface area contributed by atoms with Crippen molar-refractivity contribution < 1.29 is 0 Å². The molecule has 2 rings (SSSR count). The van der Waals surface area contributed by atoms with Crippen LogP contribution in [0.5, 0.6) is 0 Å². The Morgan fingerprint density at radius 2 is 1.62 bits per heavy atom. The molecule has 0 spiro atoms. The predicted octanol–water partition coefficient (Wildman–Crippen LogP) is 2.74. The van der Waals surface area contributed by atoms with Crippen LogP contribution in [0.1, 0.15) is 52.4 Å². The average molecular weight is 224 g/mol. The second-order valence-electron chi connectivity index (χ2n) is 5.62. The van der Waals surface area contributed by atoms with E-state index in [9.17, 15) is 0 Å². The van der Waals surface area contributed by atoms with E-state index in [0.29, 0.717) is 0 Å². The van der Waals surface area contributed by atoms with E-state index in [-0.39, 0.29) is 0 Å². The van der Waals surface area contributed by atoms with Gasteiger partial charge in [0.2, 0.25) is 0 Å². The summed E-state index contributed by atoms with van der Waals surface area (Å²) in [5.74, 6) is 0. The number of hydrogen-bond acceptors (Lipinski definition) is 2. The highest BCUT2D eigenvalue weighted by Crippen LogP contribution is 2.22. The molecule has 2 fully saturated rings. The zero-order valence-electron chi connectivity index (χ0n) is 11.1. The molecule has 0 aliphatic carbocycles. The van der Waals surface area contributed by atoms with Crippen LogP contribution >= 0.6 is 0 Å². The molecule has 94 valence electrons. The molecule has 0 N–H and O–H groups in total. The molecule has 2 aliphatic heterocycles. The Hall–Kier alpha value is -0.0800. The van der Waals surface area contributed by atoms with Crippen molar-refractivity contribution in [2.24, 2.45) is 0 Å². The first-order valence-electron chi connectivity index (χ1n) is 7.29. The number of piperidine rings is 2. The van der Waals surface area contributed by atoms with Gasteiger partial charge in [-0.05, 0) is 65.2 Å². The standard InChI is InChI=1S/C14H28N2/c1-3-13(2)15-11-7-14(8-12-15)16-9-5-4-6-10-16/h13-14H,3-12H2,1-2H3. The molecule has 2 saturated heterocycles.